The Bertz CT molecular complexity index is 883. The van der Waals surface area contributed by atoms with Crippen molar-refractivity contribution in [3.05, 3.63) is 76.3 Å². The Morgan fingerprint density at radius 2 is 1.59 bits per heavy atom. The summed E-state index contributed by atoms with van der Waals surface area (Å²) in [7, 11) is -4.23. The van der Waals surface area contributed by atoms with Gasteiger partial charge in [-0.05, 0) is 24.6 Å². The first-order valence-electron chi connectivity index (χ1n) is 8.44. The van der Waals surface area contributed by atoms with E-state index in [0.29, 0.717) is 5.56 Å². The first-order valence-corrected chi connectivity index (χ1v) is 9.99. The molecule has 0 heterocycles. The normalized spacial score (nSPS) is 14.7. The topological polar surface area (TPSA) is 104 Å². The quantitative estimate of drug-likeness (QED) is 0.389. The van der Waals surface area contributed by atoms with E-state index in [0.717, 1.165) is 0 Å². The number of benzene rings is 2. The van der Waals surface area contributed by atoms with Crippen molar-refractivity contribution in [2.75, 3.05) is 6.61 Å². The number of hydrogen-bond donors (Lipinski definition) is 0. The summed E-state index contributed by atoms with van der Waals surface area (Å²) in [6.45, 7) is 2.82. The molecule has 144 valence electrons. The number of esters is 1. The molecule has 0 saturated heterocycles. The maximum Gasteiger partial charge on any atom is 0.325 e. The van der Waals surface area contributed by atoms with Crippen molar-refractivity contribution < 1.29 is 22.9 Å². The minimum atomic E-state index is -4.23. The number of hydrogen-bond acceptors (Lipinski definition) is 6. The fourth-order valence-electron chi connectivity index (χ4n) is 2.96. The predicted molar refractivity (Wildman–Crippen MR) is 99.7 cm³/mol. The summed E-state index contributed by atoms with van der Waals surface area (Å²) in [4.78, 5) is 23.5. The fraction of sp³-hybridized carbons (Fsp3) is 0.316. The van der Waals surface area contributed by atoms with E-state index in [4.69, 9.17) is 4.74 Å². The van der Waals surface area contributed by atoms with Gasteiger partial charge >= 0.3 is 5.97 Å². The Labute approximate surface area is 158 Å². The lowest BCUT2D eigenvalue weighted by Crippen LogP contribution is -2.44. The molecule has 3 atom stereocenters. The molecule has 0 bridgehead atoms. The van der Waals surface area contributed by atoms with Crippen LogP contribution in [0.1, 0.15) is 25.3 Å². The molecule has 0 unspecified atom stereocenters. The van der Waals surface area contributed by atoms with Gasteiger partial charge in [0, 0.05) is 11.8 Å². The van der Waals surface area contributed by atoms with Crippen molar-refractivity contribution in [1.82, 2.24) is 0 Å². The summed E-state index contributed by atoms with van der Waals surface area (Å²) < 4.78 is 31.5. The highest BCUT2D eigenvalue weighted by atomic mass is 32.2. The van der Waals surface area contributed by atoms with Gasteiger partial charge in [-0.25, -0.2) is 8.42 Å². The summed E-state index contributed by atoms with van der Waals surface area (Å²) in [6.07, 6.45) is 0. The zero-order valence-electron chi connectivity index (χ0n) is 15.0. The summed E-state index contributed by atoms with van der Waals surface area (Å²) >= 11 is 0. The van der Waals surface area contributed by atoms with Crippen LogP contribution in [0.15, 0.2) is 65.6 Å². The van der Waals surface area contributed by atoms with Crippen LogP contribution in [0.5, 0.6) is 0 Å². The standard InChI is InChI=1S/C19H21NO6S/c1-3-26-19(21)18(27(24,25)16-12-8-5-9-13-16)17(14(2)20(22)23)15-10-6-4-7-11-15/h4-14,17-18H,3H2,1-2H3/t14-,17+,18+/m1/s1. The molecule has 0 fully saturated rings. The summed E-state index contributed by atoms with van der Waals surface area (Å²) in [5.74, 6) is -2.20. The molecule has 0 spiro atoms. The van der Waals surface area contributed by atoms with Crippen molar-refractivity contribution in [3.63, 3.8) is 0 Å². The third-order valence-corrected chi connectivity index (χ3v) is 6.37. The van der Waals surface area contributed by atoms with E-state index in [1.165, 1.54) is 31.2 Å². The predicted octanol–water partition coefficient (Wildman–Crippen LogP) is 2.84. The Balaban J connectivity index is 2.69. The lowest BCUT2D eigenvalue weighted by Gasteiger charge is -2.26. The Kier molecular flexibility index (Phi) is 6.68. The third-order valence-electron chi connectivity index (χ3n) is 4.29. The number of rotatable bonds is 8. The van der Waals surface area contributed by atoms with Gasteiger partial charge in [0.25, 0.3) is 0 Å². The van der Waals surface area contributed by atoms with Crippen LogP contribution in [-0.2, 0) is 19.4 Å². The van der Waals surface area contributed by atoms with Gasteiger partial charge < -0.3 is 4.74 Å². The van der Waals surface area contributed by atoms with Crippen LogP contribution in [0.25, 0.3) is 0 Å². The van der Waals surface area contributed by atoms with Crippen LogP contribution in [0.3, 0.4) is 0 Å². The number of nitro groups is 1. The molecule has 7 nitrogen and oxygen atoms in total. The second-order valence-electron chi connectivity index (χ2n) is 5.99. The first kappa shape index (κ1) is 20.6. The molecule has 0 aromatic heterocycles. The molecule has 0 aliphatic carbocycles. The minimum absolute atomic E-state index is 0.0337. The van der Waals surface area contributed by atoms with Crippen molar-refractivity contribution in [2.45, 2.75) is 36.0 Å². The molecule has 0 aliphatic heterocycles. The number of nitrogens with zero attached hydrogens (tertiary/aromatic N) is 1. The Morgan fingerprint density at radius 3 is 2.07 bits per heavy atom. The van der Waals surface area contributed by atoms with E-state index >= 15 is 0 Å². The average Bonchev–Trinajstić information content (AvgIpc) is 2.66. The van der Waals surface area contributed by atoms with Crippen LogP contribution >= 0.6 is 0 Å². The zero-order chi connectivity index (χ0) is 20.0. The highest BCUT2D eigenvalue weighted by molar-refractivity contribution is 7.92. The highest BCUT2D eigenvalue weighted by Gasteiger charge is 2.48. The molecule has 0 amide bonds. The van der Waals surface area contributed by atoms with Crippen LogP contribution in [0.2, 0.25) is 0 Å². The van der Waals surface area contributed by atoms with E-state index in [1.54, 1.807) is 43.3 Å². The van der Waals surface area contributed by atoms with Crippen molar-refractivity contribution >= 4 is 15.8 Å². The minimum Gasteiger partial charge on any atom is -0.465 e. The number of carbonyl (C=O) groups is 1. The summed E-state index contributed by atoms with van der Waals surface area (Å²) in [5.41, 5.74) is 0.388. The molecule has 0 N–H and O–H groups in total. The summed E-state index contributed by atoms with van der Waals surface area (Å²) in [5, 5.41) is 9.79. The molecular weight excluding hydrogens is 370 g/mol. The number of ether oxygens (including phenoxy) is 1. The van der Waals surface area contributed by atoms with Crippen molar-refractivity contribution in [3.8, 4) is 0 Å². The average molecular weight is 391 g/mol. The SMILES string of the molecule is CCOC(=O)[C@H]([C@H](c1ccccc1)[C@@H](C)[N+](=O)[O-])S(=O)(=O)c1ccccc1. The smallest absolute Gasteiger partial charge is 0.325 e. The van der Waals surface area contributed by atoms with E-state index in [1.807, 2.05) is 0 Å². The maximum absolute atomic E-state index is 13.3. The molecule has 0 radical (unpaired) electrons. The van der Waals surface area contributed by atoms with E-state index < -0.39 is 37.9 Å². The number of carbonyl (C=O) groups excluding carboxylic acids is 1. The lowest BCUT2D eigenvalue weighted by atomic mass is 9.89. The van der Waals surface area contributed by atoms with Gasteiger partial charge in [0.15, 0.2) is 15.1 Å². The Hall–Kier alpha value is -2.74. The van der Waals surface area contributed by atoms with Gasteiger partial charge in [0.2, 0.25) is 6.04 Å². The van der Waals surface area contributed by atoms with Gasteiger partial charge in [-0.2, -0.15) is 0 Å². The molecule has 8 heteroatoms. The fourth-order valence-corrected chi connectivity index (χ4v) is 4.88. The first-order chi connectivity index (χ1) is 12.8. The monoisotopic (exact) mass is 391 g/mol. The van der Waals surface area contributed by atoms with E-state index in [9.17, 15) is 23.3 Å². The van der Waals surface area contributed by atoms with Gasteiger partial charge in [-0.1, -0.05) is 48.5 Å². The Morgan fingerprint density at radius 1 is 1.07 bits per heavy atom. The molecule has 2 aromatic carbocycles. The highest BCUT2D eigenvalue weighted by Crippen LogP contribution is 2.33. The molecule has 2 rings (SSSR count). The van der Waals surface area contributed by atoms with Crippen LogP contribution < -0.4 is 0 Å². The molecular formula is C19H21NO6S. The van der Waals surface area contributed by atoms with Crippen molar-refractivity contribution in [1.29, 1.82) is 0 Å². The number of sulfone groups is 1. The van der Waals surface area contributed by atoms with Gasteiger partial charge in [-0.15, -0.1) is 0 Å². The molecule has 0 saturated carbocycles. The summed E-state index contributed by atoms with van der Waals surface area (Å²) in [6, 6.07) is 14.3. The van der Waals surface area contributed by atoms with Gasteiger partial charge in [-0.3, -0.25) is 14.9 Å². The van der Waals surface area contributed by atoms with Crippen molar-refractivity contribution in [2.24, 2.45) is 0 Å². The molecule has 27 heavy (non-hydrogen) atoms. The van der Waals surface area contributed by atoms with Crippen LogP contribution in [-0.4, -0.2) is 37.2 Å². The van der Waals surface area contributed by atoms with Crippen LogP contribution in [0, 0.1) is 10.1 Å². The van der Waals surface area contributed by atoms with E-state index in [-0.39, 0.29) is 11.5 Å². The van der Waals surface area contributed by atoms with Gasteiger partial charge in [0.05, 0.1) is 17.4 Å². The molecule has 0 aliphatic rings. The molecule has 2 aromatic rings. The van der Waals surface area contributed by atoms with Crippen LogP contribution in [0.4, 0.5) is 0 Å². The zero-order valence-corrected chi connectivity index (χ0v) is 15.8. The van der Waals surface area contributed by atoms with E-state index in [2.05, 4.69) is 0 Å². The largest absolute Gasteiger partial charge is 0.465 e. The second kappa shape index (κ2) is 8.77. The lowest BCUT2D eigenvalue weighted by molar-refractivity contribution is -0.522. The second-order valence-corrected chi connectivity index (χ2v) is 8.06. The third kappa shape index (κ3) is 4.51. The maximum atomic E-state index is 13.3. The van der Waals surface area contributed by atoms with Gasteiger partial charge in [0.1, 0.15) is 0 Å².